The molecule has 0 aromatic heterocycles. The van der Waals surface area contributed by atoms with E-state index in [0.29, 0.717) is 13.1 Å². The Labute approximate surface area is 223 Å². The van der Waals surface area contributed by atoms with Crippen LogP contribution in [0.2, 0.25) is 0 Å². The number of carbonyl (C=O) groups excluding carboxylic acids is 2. The number of amides is 2. The summed E-state index contributed by atoms with van der Waals surface area (Å²) in [5.41, 5.74) is 5.61. The van der Waals surface area contributed by atoms with Crippen LogP contribution in [-0.2, 0) is 34.0 Å². The Morgan fingerprint density at radius 1 is 0.895 bits per heavy atom. The molecule has 2 fully saturated rings. The topological polar surface area (TPSA) is 74.3 Å². The van der Waals surface area contributed by atoms with E-state index < -0.39 is 0 Å². The summed E-state index contributed by atoms with van der Waals surface area (Å²) >= 11 is 0. The lowest BCUT2D eigenvalue weighted by Gasteiger charge is -2.30. The molecule has 2 heterocycles. The van der Waals surface area contributed by atoms with Crippen molar-refractivity contribution in [2.75, 3.05) is 56.3 Å². The maximum atomic E-state index is 12.3. The Hall–Kier alpha value is -4.04. The van der Waals surface area contributed by atoms with Gasteiger partial charge in [0.15, 0.2) is 0 Å². The molecule has 8 heteroatoms. The number of piperazine rings is 1. The average Bonchev–Trinajstić information content (AvgIpc) is 2.96. The van der Waals surface area contributed by atoms with Gasteiger partial charge >= 0.3 is 0 Å². The van der Waals surface area contributed by atoms with E-state index in [-0.39, 0.29) is 24.9 Å². The third kappa shape index (κ3) is 6.44. The third-order valence-electron chi connectivity index (χ3n) is 6.97. The molecule has 5 rings (SSSR count). The molecule has 0 bridgehead atoms. The SMILES string of the molecule is COc1cccc(CN(Cc2ccc(N3CCOCC3)cc2)c2cccc(CN3CC(=O)NCC3=O)c2)c1. The highest BCUT2D eigenvalue weighted by molar-refractivity contribution is 5.92. The van der Waals surface area contributed by atoms with E-state index in [0.717, 1.165) is 55.4 Å². The Morgan fingerprint density at radius 2 is 1.63 bits per heavy atom. The summed E-state index contributed by atoms with van der Waals surface area (Å²) < 4.78 is 10.9. The lowest BCUT2D eigenvalue weighted by Crippen LogP contribution is -2.51. The zero-order valence-corrected chi connectivity index (χ0v) is 21.8. The van der Waals surface area contributed by atoms with Crippen molar-refractivity contribution < 1.29 is 19.1 Å². The van der Waals surface area contributed by atoms with Crippen LogP contribution < -0.4 is 19.9 Å². The quantitative estimate of drug-likeness (QED) is 0.473. The minimum atomic E-state index is -0.124. The van der Waals surface area contributed by atoms with Gasteiger partial charge in [-0.2, -0.15) is 0 Å². The highest BCUT2D eigenvalue weighted by Crippen LogP contribution is 2.25. The standard InChI is InChI=1S/C30H34N4O4/c1-37-28-7-3-5-25(17-28)20-33(19-23-8-10-26(11-9-23)32-12-14-38-15-13-32)27-6-2-4-24(16-27)21-34-22-29(35)31-18-30(34)36/h2-11,16-17H,12-15,18-22H2,1H3,(H,31,35). The lowest BCUT2D eigenvalue weighted by molar-refractivity contribution is -0.141. The van der Waals surface area contributed by atoms with Gasteiger partial charge in [0.1, 0.15) is 5.75 Å². The minimum absolute atomic E-state index is 0.0565. The van der Waals surface area contributed by atoms with Crippen molar-refractivity contribution >= 4 is 23.2 Å². The number of anilines is 2. The fraction of sp³-hybridized carbons (Fsp3) is 0.333. The van der Waals surface area contributed by atoms with E-state index >= 15 is 0 Å². The number of methoxy groups -OCH3 is 1. The van der Waals surface area contributed by atoms with Crippen LogP contribution in [0.4, 0.5) is 11.4 Å². The zero-order chi connectivity index (χ0) is 26.3. The first-order chi connectivity index (χ1) is 18.6. The lowest BCUT2D eigenvalue weighted by atomic mass is 10.1. The molecule has 0 radical (unpaired) electrons. The van der Waals surface area contributed by atoms with Crippen LogP contribution in [0, 0.1) is 0 Å². The molecule has 0 spiro atoms. The second kappa shape index (κ2) is 12.0. The van der Waals surface area contributed by atoms with Crippen LogP contribution in [-0.4, -0.2) is 63.2 Å². The Balaban J connectivity index is 1.37. The van der Waals surface area contributed by atoms with Crippen molar-refractivity contribution in [2.45, 2.75) is 19.6 Å². The first kappa shape index (κ1) is 25.6. The highest BCUT2D eigenvalue weighted by Gasteiger charge is 2.23. The van der Waals surface area contributed by atoms with Gasteiger partial charge < -0.3 is 29.5 Å². The predicted molar refractivity (Wildman–Crippen MR) is 147 cm³/mol. The van der Waals surface area contributed by atoms with Crippen LogP contribution in [0.5, 0.6) is 5.75 Å². The molecule has 0 unspecified atom stereocenters. The number of benzene rings is 3. The zero-order valence-electron chi connectivity index (χ0n) is 21.8. The first-order valence-corrected chi connectivity index (χ1v) is 13.0. The van der Waals surface area contributed by atoms with Gasteiger partial charge in [-0.25, -0.2) is 0 Å². The van der Waals surface area contributed by atoms with Gasteiger partial charge in [0, 0.05) is 44.1 Å². The van der Waals surface area contributed by atoms with E-state index in [9.17, 15) is 9.59 Å². The van der Waals surface area contributed by atoms with Crippen LogP contribution in [0.25, 0.3) is 0 Å². The van der Waals surface area contributed by atoms with E-state index in [2.05, 4.69) is 63.6 Å². The van der Waals surface area contributed by atoms with Gasteiger partial charge in [0.25, 0.3) is 0 Å². The molecule has 0 atom stereocenters. The molecule has 8 nitrogen and oxygen atoms in total. The molecule has 2 saturated heterocycles. The number of nitrogens with zero attached hydrogens (tertiary/aromatic N) is 3. The summed E-state index contributed by atoms with van der Waals surface area (Å²) in [5.74, 6) is 0.637. The maximum absolute atomic E-state index is 12.3. The second-order valence-corrected chi connectivity index (χ2v) is 9.67. The second-order valence-electron chi connectivity index (χ2n) is 9.67. The van der Waals surface area contributed by atoms with E-state index in [1.165, 1.54) is 11.3 Å². The Bertz CT molecular complexity index is 1260. The summed E-state index contributed by atoms with van der Waals surface area (Å²) in [6.45, 7) is 5.31. The summed E-state index contributed by atoms with van der Waals surface area (Å²) in [7, 11) is 1.68. The number of morpholine rings is 1. The normalized spacial score (nSPS) is 15.8. The Kier molecular flexibility index (Phi) is 8.09. The minimum Gasteiger partial charge on any atom is -0.497 e. The molecule has 0 aliphatic carbocycles. The van der Waals surface area contributed by atoms with Crippen LogP contribution in [0.15, 0.2) is 72.8 Å². The number of ether oxygens (including phenoxy) is 2. The van der Waals surface area contributed by atoms with Crippen molar-refractivity contribution in [3.05, 3.63) is 89.5 Å². The van der Waals surface area contributed by atoms with Crippen molar-refractivity contribution in [2.24, 2.45) is 0 Å². The van der Waals surface area contributed by atoms with E-state index in [1.807, 2.05) is 24.3 Å². The van der Waals surface area contributed by atoms with Gasteiger partial charge in [0.05, 0.1) is 33.4 Å². The largest absolute Gasteiger partial charge is 0.497 e. The highest BCUT2D eigenvalue weighted by atomic mass is 16.5. The number of hydrogen-bond donors (Lipinski definition) is 1. The van der Waals surface area contributed by atoms with E-state index in [1.54, 1.807) is 12.0 Å². The van der Waals surface area contributed by atoms with Crippen LogP contribution in [0.1, 0.15) is 16.7 Å². The van der Waals surface area contributed by atoms with Crippen molar-refractivity contribution in [3.63, 3.8) is 0 Å². The number of hydrogen-bond acceptors (Lipinski definition) is 6. The molecule has 3 aromatic carbocycles. The summed E-state index contributed by atoms with van der Waals surface area (Å²) in [4.78, 5) is 30.4. The molecule has 2 amide bonds. The smallest absolute Gasteiger partial charge is 0.242 e. The van der Waals surface area contributed by atoms with Crippen molar-refractivity contribution in [1.29, 1.82) is 0 Å². The molecule has 198 valence electrons. The third-order valence-corrected chi connectivity index (χ3v) is 6.97. The fourth-order valence-corrected chi connectivity index (χ4v) is 4.90. The number of carbonyl (C=O) groups is 2. The molecule has 3 aromatic rings. The summed E-state index contributed by atoms with van der Waals surface area (Å²) in [6.07, 6.45) is 0. The first-order valence-electron chi connectivity index (χ1n) is 13.0. The molecule has 2 aliphatic heterocycles. The summed E-state index contributed by atoms with van der Waals surface area (Å²) in [5, 5.41) is 2.61. The van der Waals surface area contributed by atoms with Crippen molar-refractivity contribution in [3.8, 4) is 5.75 Å². The van der Waals surface area contributed by atoms with Crippen LogP contribution >= 0.6 is 0 Å². The van der Waals surface area contributed by atoms with Gasteiger partial charge in [-0.05, 0) is 53.1 Å². The fourth-order valence-electron chi connectivity index (χ4n) is 4.90. The number of rotatable bonds is 9. The van der Waals surface area contributed by atoms with Gasteiger partial charge in [-0.15, -0.1) is 0 Å². The maximum Gasteiger partial charge on any atom is 0.242 e. The predicted octanol–water partition coefficient (Wildman–Crippen LogP) is 3.20. The molecule has 2 aliphatic rings. The summed E-state index contributed by atoms with van der Waals surface area (Å²) in [6, 6.07) is 25.1. The molecular formula is C30H34N4O4. The molecule has 1 N–H and O–H groups in total. The van der Waals surface area contributed by atoms with Gasteiger partial charge in [-0.1, -0.05) is 36.4 Å². The monoisotopic (exact) mass is 514 g/mol. The van der Waals surface area contributed by atoms with E-state index in [4.69, 9.17) is 9.47 Å². The average molecular weight is 515 g/mol. The molecular weight excluding hydrogens is 480 g/mol. The van der Waals surface area contributed by atoms with Crippen LogP contribution in [0.3, 0.4) is 0 Å². The molecule has 0 saturated carbocycles. The molecule has 38 heavy (non-hydrogen) atoms. The number of nitrogens with one attached hydrogen (secondary N) is 1. The van der Waals surface area contributed by atoms with Gasteiger partial charge in [-0.3, -0.25) is 9.59 Å². The van der Waals surface area contributed by atoms with Gasteiger partial charge in [0.2, 0.25) is 11.8 Å². The Morgan fingerprint density at radius 3 is 2.42 bits per heavy atom. The van der Waals surface area contributed by atoms with Crippen molar-refractivity contribution in [1.82, 2.24) is 10.2 Å².